The van der Waals surface area contributed by atoms with E-state index in [4.69, 9.17) is 10.6 Å². The van der Waals surface area contributed by atoms with E-state index in [0.717, 1.165) is 12.1 Å². The van der Waals surface area contributed by atoms with Gasteiger partial charge < -0.3 is 15.1 Å². The zero-order chi connectivity index (χ0) is 13.4. The highest BCUT2D eigenvalue weighted by atomic mass is 16.5. The van der Waals surface area contributed by atoms with Gasteiger partial charge in [-0.1, -0.05) is 19.1 Å². The van der Waals surface area contributed by atoms with Gasteiger partial charge in [-0.05, 0) is 31.0 Å². The van der Waals surface area contributed by atoms with Crippen LogP contribution in [0.1, 0.15) is 19.4 Å². The van der Waals surface area contributed by atoms with Crippen LogP contribution in [-0.4, -0.2) is 25.8 Å². The molecule has 0 spiro atoms. The third kappa shape index (κ3) is 4.63. The largest absolute Gasteiger partial charge is 0.450 e. The standard InChI is InChI=1S/C13H21N3O2/c1-3-11-6-5-7-12(10-11)16(14)9-8-15-13(17)18-4-2/h5-7,10H,3-4,8-9,14H2,1-2H3,(H,15,17). The lowest BCUT2D eigenvalue weighted by Crippen LogP contribution is -2.39. The topological polar surface area (TPSA) is 67.6 Å². The van der Waals surface area contributed by atoms with E-state index < -0.39 is 6.09 Å². The fourth-order valence-corrected chi connectivity index (χ4v) is 1.54. The molecule has 0 atom stereocenters. The van der Waals surface area contributed by atoms with Crippen molar-refractivity contribution >= 4 is 11.8 Å². The van der Waals surface area contributed by atoms with Crippen LogP contribution in [0.5, 0.6) is 0 Å². The molecular formula is C13H21N3O2. The van der Waals surface area contributed by atoms with Gasteiger partial charge in [0.2, 0.25) is 0 Å². The van der Waals surface area contributed by atoms with Crippen LogP contribution in [0.3, 0.4) is 0 Å². The van der Waals surface area contributed by atoms with Crippen LogP contribution < -0.4 is 16.2 Å². The van der Waals surface area contributed by atoms with Crippen LogP contribution >= 0.6 is 0 Å². The molecule has 0 aliphatic rings. The summed E-state index contributed by atoms with van der Waals surface area (Å²) in [6, 6.07) is 8.04. The second-order valence-corrected chi connectivity index (χ2v) is 3.86. The molecule has 0 saturated heterocycles. The van der Waals surface area contributed by atoms with E-state index in [1.807, 2.05) is 18.2 Å². The molecule has 1 aromatic carbocycles. The van der Waals surface area contributed by atoms with Crippen molar-refractivity contribution < 1.29 is 9.53 Å². The Bertz CT molecular complexity index is 382. The Labute approximate surface area is 108 Å². The molecule has 0 radical (unpaired) electrons. The number of ether oxygens (including phenoxy) is 1. The quantitative estimate of drug-likeness (QED) is 0.596. The van der Waals surface area contributed by atoms with Gasteiger partial charge in [-0.2, -0.15) is 0 Å². The molecule has 1 rings (SSSR count). The SMILES string of the molecule is CCOC(=O)NCCN(N)c1cccc(CC)c1. The van der Waals surface area contributed by atoms with Crippen LogP contribution in [0.2, 0.25) is 0 Å². The van der Waals surface area contributed by atoms with Gasteiger partial charge in [0.1, 0.15) is 0 Å². The molecule has 0 aliphatic heterocycles. The van der Waals surface area contributed by atoms with Gasteiger partial charge in [0.15, 0.2) is 0 Å². The molecule has 3 N–H and O–H groups in total. The maximum atomic E-state index is 11.1. The highest BCUT2D eigenvalue weighted by Gasteiger charge is 2.04. The number of hydrazine groups is 1. The first kappa shape index (κ1) is 14.3. The number of anilines is 1. The number of hydrogen-bond donors (Lipinski definition) is 2. The number of carbonyl (C=O) groups excluding carboxylic acids is 1. The van der Waals surface area contributed by atoms with Crippen molar-refractivity contribution in [3.8, 4) is 0 Å². The summed E-state index contributed by atoms with van der Waals surface area (Å²) in [5, 5.41) is 4.25. The predicted octanol–water partition coefficient (Wildman–Crippen LogP) is 1.68. The molecule has 0 bridgehead atoms. The minimum Gasteiger partial charge on any atom is -0.450 e. The van der Waals surface area contributed by atoms with E-state index >= 15 is 0 Å². The Morgan fingerprint density at radius 3 is 2.89 bits per heavy atom. The number of nitrogens with one attached hydrogen (secondary N) is 1. The fraction of sp³-hybridized carbons (Fsp3) is 0.462. The molecule has 0 aliphatic carbocycles. The summed E-state index contributed by atoms with van der Waals surface area (Å²) in [7, 11) is 0. The Hall–Kier alpha value is -1.75. The fourth-order valence-electron chi connectivity index (χ4n) is 1.54. The number of carbonyl (C=O) groups is 1. The normalized spacial score (nSPS) is 9.94. The number of benzene rings is 1. The van der Waals surface area contributed by atoms with E-state index in [1.165, 1.54) is 5.56 Å². The van der Waals surface area contributed by atoms with E-state index in [0.29, 0.717) is 19.7 Å². The van der Waals surface area contributed by atoms with Crippen LogP contribution in [0, 0.1) is 0 Å². The van der Waals surface area contributed by atoms with Crippen molar-refractivity contribution in [2.24, 2.45) is 5.84 Å². The lowest BCUT2D eigenvalue weighted by molar-refractivity contribution is 0.152. The maximum Gasteiger partial charge on any atom is 0.407 e. The number of amides is 1. The van der Waals surface area contributed by atoms with E-state index in [2.05, 4.69) is 18.3 Å². The van der Waals surface area contributed by atoms with Gasteiger partial charge in [-0.25, -0.2) is 10.6 Å². The number of nitrogens with two attached hydrogens (primary N) is 1. The lowest BCUT2D eigenvalue weighted by atomic mass is 10.1. The van der Waals surface area contributed by atoms with Gasteiger partial charge in [-0.3, -0.25) is 0 Å². The Morgan fingerprint density at radius 2 is 2.22 bits per heavy atom. The summed E-state index contributed by atoms with van der Waals surface area (Å²) in [5.74, 6) is 5.92. The first-order valence-electron chi connectivity index (χ1n) is 6.19. The molecule has 0 aromatic heterocycles. The predicted molar refractivity (Wildman–Crippen MR) is 72.4 cm³/mol. The average molecular weight is 251 g/mol. The van der Waals surface area contributed by atoms with E-state index in [-0.39, 0.29) is 0 Å². The molecule has 0 unspecified atom stereocenters. The van der Waals surface area contributed by atoms with Crippen molar-refractivity contribution in [1.82, 2.24) is 5.32 Å². The highest BCUT2D eigenvalue weighted by molar-refractivity contribution is 5.67. The maximum absolute atomic E-state index is 11.1. The second kappa shape index (κ2) is 7.55. The zero-order valence-corrected chi connectivity index (χ0v) is 11.0. The minimum absolute atomic E-state index is 0.372. The summed E-state index contributed by atoms with van der Waals surface area (Å²) in [5.41, 5.74) is 2.18. The monoisotopic (exact) mass is 251 g/mol. The van der Waals surface area contributed by atoms with Crippen molar-refractivity contribution in [3.05, 3.63) is 29.8 Å². The molecular weight excluding hydrogens is 230 g/mol. The molecule has 18 heavy (non-hydrogen) atoms. The van der Waals surface area contributed by atoms with Gasteiger partial charge in [-0.15, -0.1) is 0 Å². The molecule has 0 heterocycles. The molecule has 5 nitrogen and oxygen atoms in total. The van der Waals surface area contributed by atoms with Crippen LogP contribution in [-0.2, 0) is 11.2 Å². The summed E-state index contributed by atoms with van der Waals surface area (Å²) >= 11 is 0. The molecule has 1 aromatic rings. The van der Waals surface area contributed by atoms with Crippen molar-refractivity contribution in [3.63, 3.8) is 0 Å². The number of nitrogens with zero attached hydrogens (tertiary/aromatic N) is 1. The van der Waals surface area contributed by atoms with Gasteiger partial charge in [0.25, 0.3) is 0 Å². The van der Waals surface area contributed by atoms with Crippen LogP contribution in [0.25, 0.3) is 0 Å². The summed E-state index contributed by atoms with van der Waals surface area (Å²) in [6.45, 7) is 5.22. The third-order valence-corrected chi connectivity index (χ3v) is 2.55. The first-order valence-corrected chi connectivity index (χ1v) is 6.19. The first-order chi connectivity index (χ1) is 8.67. The van der Waals surface area contributed by atoms with Crippen molar-refractivity contribution in [2.75, 3.05) is 24.7 Å². The number of alkyl carbamates (subject to hydrolysis) is 1. The van der Waals surface area contributed by atoms with Gasteiger partial charge >= 0.3 is 6.09 Å². The van der Waals surface area contributed by atoms with Gasteiger partial charge in [0.05, 0.1) is 18.8 Å². The van der Waals surface area contributed by atoms with Crippen LogP contribution in [0.4, 0.5) is 10.5 Å². The van der Waals surface area contributed by atoms with Crippen molar-refractivity contribution in [2.45, 2.75) is 20.3 Å². The zero-order valence-electron chi connectivity index (χ0n) is 11.0. The third-order valence-electron chi connectivity index (χ3n) is 2.55. The highest BCUT2D eigenvalue weighted by Crippen LogP contribution is 2.13. The van der Waals surface area contributed by atoms with E-state index in [9.17, 15) is 4.79 Å². The molecule has 5 heteroatoms. The number of hydrogen-bond acceptors (Lipinski definition) is 4. The summed E-state index contributed by atoms with van der Waals surface area (Å²) < 4.78 is 4.76. The Kier molecular flexibility index (Phi) is 6.00. The minimum atomic E-state index is -0.409. The second-order valence-electron chi connectivity index (χ2n) is 3.86. The van der Waals surface area contributed by atoms with Crippen LogP contribution in [0.15, 0.2) is 24.3 Å². The average Bonchev–Trinajstić information content (AvgIpc) is 2.39. The molecule has 1 amide bonds. The Morgan fingerprint density at radius 1 is 1.44 bits per heavy atom. The van der Waals surface area contributed by atoms with Gasteiger partial charge in [0, 0.05) is 6.54 Å². The number of aryl methyl sites for hydroxylation is 1. The molecule has 0 fully saturated rings. The summed E-state index contributed by atoms with van der Waals surface area (Å²) in [6.07, 6.45) is 0.566. The smallest absolute Gasteiger partial charge is 0.407 e. The molecule has 0 saturated carbocycles. The van der Waals surface area contributed by atoms with E-state index in [1.54, 1.807) is 11.9 Å². The molecule has 100 valence electrons. The van der Waals surface area contributed by atoms with Crippen molar-refractivity contribution in [1.29, 1.82) is 0 Å². The summed E-state index contributed by atoms with van der Waals surface area (Å²) in [4.78, 5) is 11.1. The number of rotatable bonds is 6. The lowest BCUT2D eigenvalue weighted by Gasteiger charge is -2.19. The Balaban J connectivity index is 2.40.